The van der Waals surface area contributed by atoms with Gasteiger partial charge < -0.3 is 56.8 Å². The van der Waals surface area contributed by atoms with E-state index in [0.717, 1.165) is 55.6 Å². The maximum absolute atomic E-state index is 15.1. The van der Waals surface area contributed by atoms with Gasteiger partial charge in [0.2, 0.25) is 24.2 Å². The van der Waals surface area contributed by atoms with Crippen LogP contribution in [0.2, 0.25) is 0 Å². The molecule has 0 radical (unpaired) electrons. The van der Waals surface area contributed by atoms with E-state index in [-0.39, 0.29) is 16.8 Å². The van der Waals surface area contributed by atoms with Gasteiger partial charge in [-0.1, -0.05) is 54.6 Å². The average Bonchev–Trinajstić information content (AvgIpc) is 3.55. The lowest BCUT2D eigenvalue weighted by Crippen LogP contribution is -2.71. The highest BCUT2D eigenvalue weighted by molar-refractivity contribution is 5.94. The summed E-state index contributed by atoms with van der Waals surface area (Å²) < 4.78 is 114. The number of alkyl halides is 3. The zero-order valence-electron chi connectivity index (χ0n) is 43.6. The first-order valence-electron chi connectivity index (χ1n) is 23.8. The van der Waals surface area contributed by atoms with Crippen molar-refractivity contribution in [3.05, 3.63) is 102 Å². The molecule has 2 heterocycles. The Morgan fingerprint density at radius 2 is 1.16 bits per heavy atom. The third-order valence-corrected chi connectivity index (χ3v) is 11.4. The van der Waals surface area contributed by atoms with Crippen molar-refractivity contribution >= 4 is 71.2 Å². The van der Waals surface area contributed by atoms with Gasteiger partial charge in [0.15, 0.2) is 24.4 Å². The van der Waals surface area contributed by atoms with Gasteiger partial charge in [0, 0.05) is 48.5 Å². The molecular weight excluding hydrogens is 1060 g/mol. The van der Waals surface area contributed by atoms with E-state index in [1.807, 2.05) is 0 Å². The number of imide groups is 1. The van der Waals surface area contributed by atoms with Gasteiger partial charge in [0.1, 0.15) is 31.0 Å². The maximum atomic E-state index is 15.1. The Labute approximate surface area is 448 Å². The van der Waals surface area contributed by atoms with E-state index in [0.29, 0.717) is 4.90 Å². The van der Waals surface area contributed by atoms with E-state index in [2.05, 4.69) is 4.99 Å². The van der Waals surface area contributed by atoms with Crippen LogP contribution in [-0.4, -0.2) is 164 Å². The molecule has 3 aromatic rings. The highest BCUT2D eigenvalue weighted by Gasteiger charge is 2.63. The number of esters is 8. The van der Waals surface area contributed by atoms with Crippen molar-refractivity contribution in [3.8, 4) is 0 Å². The molecule has 0 bridgehead atoms. The van der Waals surface area contributed by atoms with Gasteiger partial charge in [-0.25, -0.2) is 19.4 Å². The van der Waals surface area contributed by atoms with Crippen molar-refractivity contribution in [2.75, 3.05) is 20.3 Å². The molecule has 426 valence electrons. The number of para-hydroxylation sites is 1. The number of aliphatic imine (C=N–C) groups is 1. The fourth-order valence-corrected chi connectivity index (χ4v) is 8.40. The number of carbonyl (C=O) groups is 10. The summed E-state index contributed by atoms with van der Waals surface area (Å²) in [5.41, 5.74) is -0.672. The van der Waals surface area contributed by atoms with Crippen LogP contribution in [-0.2, 0) is 95.2 Å². The lowest BCUT2D eigenvalue weighted by Gasteiger charge is -2.51. The quantitative estimate of drug-likeness (QED) is 0.0703. The van der Waals surface area contributed by atoms with Crippen molar-refractivity contribution in [2.45, 2.75) is 128 Å². The number of rotatable bonds is 19. The number of halogens is 3. The topological polar surface area (TPSA) is 297 Å². The fourth-order valence-electron chi connectivity index (χ4n) is 8.40. The van der Waals surface area contributed by atoms with Crippen LogP contribution in [0.1, 0.15) is 75.6 Å². The predicted octanol–water partition coefficient (Wildman–Crippen LogP) is 4.20. The van der Waals surface area contributed by atoms with Crippen LogP contribution in [0, 0.1) is 0 Å². The lowest BCUT2D eigenvalue weighted by atomic mass is 9.86. The molecule has 0 aliphatic carbocycles. The van der Waals surface area contributed by atoms with Crippen LogP contribution < -0.4 is 0 Å². The van der Waals surface area contributed by atoms with E-state index in [4.69, 9.17) is 56.8 Å². The van der Waals surface area contributed by atoms with E-state index in [9.17, 15) is 47.9 Å². The Hall–Kier alpha value is -8.30. The Bertz CT molecular complexity index is 2710. The minimum atomic E-state index is -5.46. The molecule has 1 unspecified atom stereocenters. The number of methoxy groups -OCH3 is 1. The SMILES string of the molecule is COC(=O)[C@@]1(OC[C@H]2OC(OC(=Nc3ccccc3)C(F)(F)F)[C@H](OC(=O)c3ccccc3)[C@@H](OC(=O)c3ccccc3)[C@H]2OC(C)=O)C[C@H](OC(C)=O)[C@@H](N(C(C)=O)C(C)=O)[C@H]([C@H](OC(C)=O)[C@@H](COC(C)=O)OC(C)=O)O1. The molecule has 2 fully saturated rings. The zero-order valence-corrected chi connectivity index (χ0v) is 43.6. The van der Waals surface area contributed by atoms with Crippen LogP contribution in [0.25, 0.3) is 0 Å². The number of hydrogen-bond donors (Lipinski definition) is 0. The van der Waals surface area contributed by atoms with Crippen molar-refractivity contribution in [2.24, 2.45) is 4.99 Å². The maximum Gasteiger partial charge on any atom is 0.468 e. The monoisotopic (exact) mass is 1120 g/mol. The number of amides is 2. The molecule has 0 saturated carbocycles. The predicted molar refractivity (Wildman–Crippen MR) is 257 cm³/mol. The molecule has 2 amide bonds. The molecule has 2 aliphatic rings. The highest BCUT2D eigenvalue weighted by Crippen LogP contribution is 2.41. The standard InChI is InChI=1S/C52H55F3N2O22/c1-27(58)57(28(2)59)40-37(71-30(4)61)24-51(50(67)68-8,79-43(40)41(73-32(6)63)38(72-31(5)62)25-69-29(3)60)70-26-39-42(74-33(7)64)44(76-46(65)34-18-12-9-13-19-34)45(77-47(66)35-20-14-10-15-21-35)48(75-39)78-49(52(53,54)55)56-36-22-16-11-17-23-36/h9-23,37-45,48H,24-26H2,1-8H3/t37-,38+,39+,40+,41+,42-,43+,44-,45+,48?,51+/m0/s1. The number of carbonyl (C=O) groups excluding carboxylic acids is 10. The van der Waals surface area contributed by atoms with Gasteiger partial charge in [-0.3, -0.25) is 38.5 Å². The van der Waals surface area contributed by atoms with Crippen LogP contribution >= 0.6 is 0 Å². The average molecular weight is 1120 g/mol. The first-order valence-corrected chi connectivity index (χ1v) is 23.8. The van der Waals surface area contributed by atoms with Crippen molar-refractivity contribution < 1.29 is 118 Å². The first-order chi connectivity index (χ1) is 37.2. The number of hydrogen-bond acceptors (Lipinski definition) is 23. The summed E-state index contributed by atoms with van der Waals surface area (Å²) in [4.78, 5) is 137. The molecule has 2 saturated heterocycles. The van der Waals surface area contributed by atoms with Crippen LogP contribution in [0.15, 0.2) is 96.0 Å². The Kier molecular flexibility index (Phi) is 21.3. The third-order valence-electron chi connectivity index (χ3n) is 11.4. The van der Waals surface area contributed by atoms with Crippen LogP contribution in [0.3, 0.4) is 0 Å². The Morgan fingerprint density at radius 1 is 0.646 bits per heavy atom. The smallest absolute Gasteiger partial charge is 0.465 e. The lowest BCUT2D eigenvalue weighted by molar-refractivity contribution is -0.338. The molecular formula is C52H55F3N2O22. The van der Waals surface area contributed by atoms with Gasteiger partial charge >= 0.3 is 53.9 Å². The minimum absolute atomic E-state index is 0.179. The summed E-state index contributed by atoms with van der Waals surface area (Å²) in [6.07, 6.45) is -26.3. The molecule has 0 spiro atoms. The summed E-state index contributed by atoms with van der Waals surface area (Å²) in [5.74, 6) is -16.8. The van der Waals surface area contributed by atoms with Crippen molar-refractivity contribution in [1.82, 2.24) is 4.90 Å². The number of benzene rings is 3. The molecule has 0 aromatic heterocycles. The normalized spacial score (nSPS) is 23.7. The fraction of sp³-hybridized carbons (Fsp3) is 0.442. The summed E-state index contributed by atoms with van der Waals surface area (Å²) in [6, 6.07) is 18.4. The molecule has 2 aliphatic heterocycles. The van der Waals surface area contributed by atoms with E-state index in [1.165, 1.54) is 91.0 Å². The zero-order chi connectivity index (χ0) is 58.4. The molecule has 3 aromatic carbocycles. The van der Waals surface area contributed by atoms with Gasteiger partial charge in [-0.2, -0.15) is 13.2 Å². The summed E-state index contributed by atoms with van der Waals surface area (Å²) in [7, 11) is 0.806. The highest BCUT2D eigenvalue weighted by atomic mass is 19.4. The number of nitrogens with zero attached hydrogens (tertiary/aromatic N) is 2. The van der Waals surface area contributed by atoms with Crippen molar-refractivity contribution in [1.29, 1.82) is 0 Å². The van der Waals surface area contributed by atoms with E-state index >= 15 is 13.2 Å². The van der Waals surface area contributed by atoms with Crippen molar-refractivity contribution in [3.63, 3.8) is 0 Å². The number of ether oxygens (including phenoxy) is 12. The second-order valence-electron chi connectivity index (χ2n) is 17.4. The summed E-state index contributed by atoms with van der Waals surface area (Å²) >= 11 is 0. The largest absolute Gasteiger partial charge is 0.468 e. The molecule has 11 atom stereocenters. The third kappa shape index (κ3) is 16.6. The molecule has 5 rings (SSSR count). The Morgan fingerprint density at radius 3 is 1.63 bits per heavy atom. The van der Waals surface area contributed by atoms with Crippen LogP contribution in [0.4, 0.5) is 18.9 Å². The molecule has 24 nitrogen and oxygen atoms in total. The van der Waals surface area contributed by atoms with E-state index < -0.39 is 158 Å². The van der Waals surface area contributed by atoms with Gasteiger partial charge in [-0.05, 0) is 36.4 Å². The van der Waals surface area contributed by atoms with Gasteiger partial charge in [-0.15, -0.1) is 0 Å². The molecule has 27 heteroatoms. The summed E-state index contributed by atoms with van der Waals surface area (Å²) in [5, 5.41) is 0. The van der Waals surface area contributed by atoms with E-state index in [1.54, 1.807) is 0 Å². The minimum Gasteiger partial charge on any atom is -0.465 e. The second-order valence-corrected chi connectivity index (χ2v) is 17.4. The van der Waals surface area contributed by atoms with Gasteiger partial charge in [0.25, 0.3) is 11.7 Å². The molecule has 0 N–H and O–H groups in total. The van der Waals surface area contributed by atoms with Crippen LogP contribution in [0.5, 0.6) is 0 Å². The second kappa shape index (κ2) is 27.3. The Balaban J connectivity index is 1.77. The summed E-state index contributed by atoms with van der Waals surface area (Å²) in [6.45, 7) is 4.05. The molecule has 79 heavy (non-hydrogen) atoms. The first kappa shape index (κ1) is 61.6. The van der Waals surface area contributed by atoms with Gasteiger partial charge in [0.05, 0.1) is 37.0 Å².